The van der Waals surface area contributed by atoms with Gasteiger partial charge in [-0.1, -0.05) is 24.3 Å². The van der Waals surface area contributed by atoms with Crippen LogP contribution in [0.25, 0.3) is 10.8 Å². The Hall–Kier alpha value is -3.66. The molecular weight excluding hydrogens is 436 g/mol. The molecule has 1 saturated heterocycles. The fraction of sp³-hybridized carbons (Fsp3) is 0.391. The molecular formula is C23H24O10. The minimum absolute atomic E-state index is 0.163. The van der Waals surface area contributed by atoms with Gasteiger partial charge in [0.25, 0.3) is 0 Å². The molecule has 10 heteroatoms. The number of fused-ring (bicyclic) bond motifs is 1. The molecule has 176 valence electrons. The van der Waals surface area contributed by atoms with Gasteiger partial charge in [-0.25, -0.2) is 0 Å². The Kier molecular flexibility index (Phi) is 7.49. The van der Waals surface area contributed by atoms with Gasteiger partial charge in [-0.15, -0.1) is 0 Å². The summed E-state index contributed by atoms with van der Waals surface area (Å²) in [6.07, 6.45) is -4.57. The Morgan fingerprint density at radius 1 is 0.727 bits per heavy atom. The summed E-state index contributed by atoms with van der Waals surface area (Å²) < 4.78 is 32.9. The Labute approximate surface area is 189 Å². The molecule has 3 rings (SSSR count). The maximum atomic E-state index is 11.8. The number of hydrogen-bond acceptors (Lipinski definition) is 10. The second-order valence-electron chi connectivity index (χ2n) is 7.32. The summed E-state index contributed by atoms with van der Waals surface area (Å²) in [7, 11) is 0. The third-order valence-electron chi connectivity index (χ3n) is 4.65. The maximum Gasteiger partial charge on any atom is 0.308 e. The van der Waals surface area contributed by atoms with Gasteiger partial charge in [0, 0.05) is 38.5 Å². The van der Waals surface area contributed by atoms with E-state index in [0.717, 1.165) is 0 Å². The number of esters is 4. The molecule has 4 atom stereocenters. The van der Waals surface area contributed by atoms with Gasteiger partial charge in [0.2, 0.25) is 12.4 Å². The largest absolute Gasteiger partial charge is 0.460 e. The summed E-state index contributed by atoms with van der Waals surface area (Å²) >= 11 is 0. The highest BCUT2D eigenvalue weighted by Crippen LogP contribution is 2.35. The normalized spacial score (nSPS) is 22.2. The molecule has 0 saturated carbocycles. The second-order valence-corrected chi connectivity index (χ2v) is 7.32. The molecule has 1 heterocycles. The first-order chi connectivity index (χ1) is 15.7. The summed E-state index contributed by atoms with van der Waals surface area (Å²) in [5.74, 6) is -1.73. The van der Waals surface area contributed by atoms with Crippen molar-refractivity contribution in [3.8, 4) is 11.5 Å². The Morgan fingerprint density at radius 2 is 1.27 bits per heavy atom. The van der Waals surface area contributed by atoms with E-state index in [9.17, 15) is 19.2 Å². The molecule has 0 bridgehead atoms. The minimum atomic E-state index is -1.23. The lowest BCUT2D eigenvalue weighted by atomic mass is 10.0. The lowest BCUT2D eigenvalue weighted by Crippen LogP contribution is -2.59. The van der Waals surface area contributed by atoms with Gasteiger partial charge in [-0.3, -0.25) is 19.2 Å². The van der Waals surface area contributed by atoms with E-state index in [-0.39, 0.29) is 6.61 Å². The van der Waals surface area contributed by atoms with E-state index in [1.807, 2.05) is 0 Å². The average Bonchev–Trinajstić information content (AvgIpc) is 2.72. The lowest BCUT2D eigenvalue weighted by Gasteiger charge is -2.40. The van der Waals surface area contributed by atoms with E-state index < -0.39 is 48.5 Å². The molecule has 33 heavy (non-hydrogen) atoms. The van der Waals surface area contributed by atoms with Crippen LogP contribution >= 0.6 is 0 Å². The number of carbonyl (C=O) groups excluding carboxylic acids is 4. The number of hydrogen-bond donors (Lipinski definition) is 0. The van der Waals surface area contributed by atoms with Gasteiger partial charge in [0.1, 0.15) is 11.5 Å². The molecule has 0 spiro atoms. The van der Waals surface area contributed by atoms with Crippen LogP contribution in [0.1, 0.15) is 27.7 Å². The van der Waals surface area contributed by atoms with Crippen molar-refractivity contribution in [2.75, 3.05) is 6.61 Å². The topological polar surface area (TPSA) is 124 Å². The van der Waals surface area contributed by atoms with E-state index in [0.29, 0.717) is 22.3 Å². The SMILES string of the molecule is CC(=O)Oc1ccc(O[C@@H]2OC[C@@H](OC(C)=O)[C@H](OC(C)=O)[C@H]2OC(C)=O)c2ccccc12. The Morgan fingerprint density at radius 3 is 1.85 bits per heavy atom. The van der Waals surface area contributed by atoms with Crippen LogP contribution in [0.2, 0.25) is 0 Å². The standard InChI is InChI=1S/C23H24O10/c1-12(24)29-18-9-10-19(17-8-6-5-7-16(17)18)33-23-22(32-15(4)27)21(31-14(3)26)20(11-28-23)30-13(2)25/h5-10,20-23H,11H2,1-4H3/t20-,21+,22-,23+/m1/s1. The van der Waals surface area contributed by atoms with Gasteiger partial charge < -0.3 is 28.4 Å². The van der Waals surface area contributed by atoms with Crippen molar-refractivity contribution in [3.05, 3.63) is 36.4 Å². The minimum Gasteiger partial charge on any atom is -0.460 e. The molecule has 0 aliphatic carbocycles. The molecule has 0 N–H and O–H groups in total. The number of benzene rings is 2. The molecule has 1 aliphatic heterocycles. The van der Waals surface area contributed by atoms with Crippen molar-refractivity contribution in [1.29, 1.82) is 0 Å². The molecule has 0 unspecified atom stereocenters. The first kappa shape index (κ1) is 24.0. The highest BCUT2D eigenvalue weighted by molar-refractivity contribution is 5.94. The number of rotatable bonds is 6. The maximum absolute atomic E-state index is 11.8. The monoisotopic (exact) mass is 460 g/mol. The molecule has 2 aromatic rings. The first-order valence-electron chi connectivity index (χ1n) is 10.2. The van der Waals surface area contributed by atoms with Crippen molar-refractivity contribution in [2.24, 2.45) is 0 Å². The molecule has 0 radical (unpaired) electrons. The highest BCUT2D eigenvalue weighted by atomic mass is 16.7. The van der Waals surface area contributed by atoms with E-state index in [4.69, 9.17) is 28.4 Å². The molecule has 2 aromatic carbocycles. The van der Waals surface area contributed by atoms with Crippen LogP contribution in [0.15, 0.2) is 36.4 Å². The number of ether oxygens (including phenoxy) is 6. The average molecular weight is 460 g/mol. The van der Waals surface area contributed by atoms with Crippen LogP contribution < -0.4 is 9.47 Å². The zero-order valence-electron chi connectivity index (χ0n) is 18.6. The molecule has 10 nitrogen and oxygen atoms in total. The summed E-state index contributed by atoms with van der Waals surface area (Å²) in [6, 6.07) is 10.2. The summed E-state index contributed by atoms with van der Waals surface area (Å²) in [5, 5.41) is 1.21. The van der Waals surface area contributed by atoms with Crippen molar-refractivity contribution >= 4 is 34.6 Å². The predicted molar refractivity (Wildman–Crippen MR) is 112 cm³/mol. The summed E-state index contributed by atoms with van der Waals surface area (Å²) in [5.41, 5.74) is 0. The molecule has 1 fully saturated rings. The van der Waals surface area contributed by atoms with Crippen LogP contribution in [-0.2, 0) is 38.1 Å². The zero-order valence-corrected chi connectivity index (χ0v) is 18.6. The summed E-state index contributed by atoms with van der Waals surface area (Å²) in [4.78, 5) is 46.5. The van der Waals surface area contributed by atoms with Gasteiger partial charge in [0.05, 0.1) is 6.61 Å². The van der Waals surface area contributed by atoms with Crippen LogP contribution in [0.3, 0.4) is 0 Å². The smallest absolute Gasteiger partial charge is 0.308 e. The van der Waals surface area contributed by atoms with Gasteiger partial charge in [-0.05, 0) is 12.1 Å². The first-order valence-corrected chi connectivity index (χ1v) is 10.2. The lowest BCUT2D eigenvalue weighted by molar-refractivity contribution is -0.259. The van der Waals surface area contributed by atoms with Crippen LogP contribution in [-0.4, -0.2) is 55.1 Å². The second kappa shape index (κ2) is 10.3. The van der Waals surface area contributed by atoms with Crippen molar-refractivity contribution in [1.82, 2.24) is 0 Å². The Bertz CT molecular complexity index is 1060. The predicted octanol–water partition coefficient (Wildman–Crippen LogP) is 2.30. The molecule has 0 amide bonds. The summed E-state index contributed by atoms with van der Waals surface area (Å²) in [6.45, 7) is 4.70. The number of carbonyl (C=O) groups is 4. The van der Waals surface area contributed by atoms with Crippen LogP contribution in [0.5, 0.6) is 11.5 Å². The fourth-order valence-corrected chi connectivity index (χ4v) is 3.53. The van der Waals surface area contributed by atoms with E-state index in [2.05, 4.69) is 0 Å². The van der Waals surface area contributed by atoms with E-state index in [1.54, 1.807) is 36.4 Å². The molecule has 1 aliphatic rings. The third kappa shape index (κ3) is 5.98. The van der Waals surface area contributed by atoms with Crippen LogP contribution in [0.4, 0.5) is 0 Å². The third-order valence-corrected chi connectivity index (χ3v) is 4.65. The van der Waals surface area contributed by atoms with Gasteiger partial charge in [0.15, 0.2) is 12.2 Å². The Balaban J connectivity index is 1.96. The molecule has 0 aromatic heterocycles. The van der Waals surface area contributed by atoms with Crippen molar-refractivity contribution < 1.29 is 47.6 Å². The van der Waals surface area contributed by atoms with Gasteiger partial charge >= 0.3 is 23.9 Å². The fourth-order valence-electron chi connectivity index (χ4n) is 3.53. The zero-order chi connectivity index (χ0) is 24.1. The van der Waals surface area contributed by atoms with Gasteiger partial charge in [-0.2, -0.15) is 0 Å². The van der Waals surface area contributed by atoms with E-state index >= 15 is 0 Å². The van der Waals surface area contributed by atoms with E-state index in [1.165, 1.54) is 27.7 Å². The van der Waals surface area contributed by atoms with Crippen molar-refractivity contribution in [3.63, 3.8) is 0 Å². The van der Waals surface area contributed by atoms with Crippen LogP contribution in [0, 0.1) is 0 Å². The highest BCUT2D eigenvalue weighted by Gasteiger charge is 2.48. The quantitative estimate of drug-likeness (QED) is 0.360. The van der Waals surface area contributed by atoms with Crippen molar-refractivity contribution in [2.45, 2.75) is 52.3 Å².